The molecular formula is C18H28N4O2. The molecule has 3 fully saturated rings. The van der Waals surface area contributed by atoms with Gasteiger partial charge in [0.2, 0.25) is 5.91 Å². The van der Waals surface area contributed by atoms with E-state index >= 15 is 0 Å². The van der Waals surface area contributed by atoms with Crippen molar-refractivity contribution >= 4 is 11.7 Å². The van der Waals surface area contributed by atoms with Crippen molar-refractivity contribution < 1.29 is 9.53 Å². The topological polar surface area (TPSA) is 61.5 Å². The van der Waals surface area contributed by atoms with Gasteiger partial charge in [0.25, 0.3) is 0 Å². The monoisotopic (exact) mass is 332 g/mol. The van der Waals surface area contributed by atoms with Crippen LogP contribution in [0.3, 0.4) is 0 Å². The van der Waals surface area contributed by atoms with Crippen LogP contribution in [-0.2, 0) is 9.53 Å². The third-order valence-electron chi connectivity index (χ3n) is 5.51. The molecule has 24 heavy (non-hydrogen) atoms. The van der Waals surface area contributed by atoms with E-state index in [1.54, 1.807) is 0 Å². The van der Waals surface area contributed by atoms with E-state index in [9.17, 15) is 4.79 Å². The van der Waals surface area contributed by atoms with Crippen molar-refractivity contribution in [3.05, 3.63) is 11.8 Å². The smallest absolute Gasteiger partial charge is 0.222 e. The molecule has 3 aliphatic rings. The van der Waals surface area contributed by atoms with E-state index < -0.39 is 0 Å². The summed E-state index contributed by atoms with van der Waals surface area (Å²) < 4.78 is 5.73. The van der Waals surface area contributed by atoms with E-state index in [4.69, 9.17) is 4.74 Å². The Labute approximate surface area is 143 Å². The lowest BCUT2D eigenvalue weighted by atomic mass is 10.0. The first kappa shape index (κ1) is 15.9. The number of aromatic nitrogens is 2. The Morgan fingerprint density at radius 3 is 2.75 bits per heavy atom. The van der Waals surface area contributed by atoms with Crippen LogP contribution in [0.4, 0.5) is 5.82 Å². The van der Waals surface area contributed by atoms with Gasteiger partial charge in [-0.05, 0) is 38.5 Å². The summed E-state index contributed by atoms with van der Waals surface area (Å²) in [5.74, 6) is 2.03. The summed E-state index contributed by atoms with van der Waals surface area (Å²) in [7, 11) is 0. The number of ether oxygens (including phenoxy) is 1. The third-order valence-corrected chi connectivity index (χ3v) is 5.51. The van der Waals surface area contributed by atoms with Gasteiger partial charge >= 0.3 is 0 Å². The Morgan fingerprint density at radius 1 is 1.21 bits per heavy atom. The molecule has 6 nitrogen and oxygen atoms in total. The van der Waals surface area contributed by atoms with Gasteiger partial charge in [0.1, 0.15) is 0 Å². The van der Waals surface area contributed by atoms with Gasteiger partial charge < -0.3 is 14.5 Å². The Balaban J connectivity index is 1.22. The fourth-order valence-corrected chi connectivity index (χ4v) is 3.75. The van der Waals surface area contributed by atoms with Crippen molar-refractivity contribution in [3.63, 3.8) is 0 Å². The molecule has 1 atom stereocenters. The summed E-state index contributed by atoms with van der Waals surface area (Å²) in [5.41, 5.74) is 1.27. The molecule has 2 saturated heterocycles. The number of carbonyl (C=O) groups is 1. The lowest BCUT2D eigenvalue weighted by Crippen LogP contribution is -2.49. The highest BCUT2D eigenvalue weighted by Gasteiger charge is 2.28. The zero-order chi connectivity index (χ0) is 16.4. The fraction of sp³-hybridized carbons (Fsp3) is 0.778. The van der Waals surface area contributed by atoms with E-state index in [1.807, 2.05) is 4.90 Å². The van der Waals surface area contributed by atoms with Crippen molar-refractivity contribution in [1.29, 1.82) is 0 Å². The molecule has 1 unspecified atom stereocenters. The maximum atomic E-state index is 12.4. The van der Waals surface area contributed by atoms with E-state index in [2.05, 4.69) is 21.2 Å². The van der Waals surface area contributed by atoms with Gasteiger partial charge in [-0.25, -0.2) is 0 Å². The molecule has 132 valence electrons. The summed E-state index contributed by atoms with van der Waals surface area (Å²) >= 11 is 0. The number of rotatable bonds is 5. The predicted molar refractivity (Wildman–Crippen MR) is 92.2 cm³/mol. The van der Waals surface area contributed by atoms with Crippen molar-refractivity contribution in [2.45, 2.75) is 57.0 Å². The number of aromatic amines is 1. The molecule has 1 amide bonds. The predicted octanol–water partition coefficient (Wildman–Crippen LogP) is 2.29. The number of nitrogens with one attached hydrogen (secondary N) is 1. The average Bonchev–Trinajstić information content (AvgIpc) is 3.38. The Morgan fingerprint density at radius 2 is 2.04 bits per heavy atom. The van der Waals surface area contributed by atoms with Gasteiger partial charge in [-0.1, -0.05) is 0 Å². The minimum Gasteiger partial charge on any atom is -0.378 e. The molecule has 4 rings (SSSR count). The second-order valence-electron chi connectivity index (χ2n) is 7.35. The SMILES string of the molecule is O=C(CCC1CCCCO1)N1CCN(c2cc(C3CC3)[nH]n2)CC1. The van der Waals surface area contributed by atoms with Crippen LogP contribution >= 0.6 is 0 Å². The summed E-state index contributed by atoms with van der Waals surface area (Å²) in [6.45, 7) is 4.22. The van der Waals surface area contributed by atoms with Crippen LogP contribution in [0.5, 0.6) is 0 Å². The van der Waals surface area contributed by atoms with Gasteiger partial charge in [-0.2, -0.15) is 5.10 Å². The normalized spacial score (nSPS) is 25.1. The minimum absolute atomic E-state index is 0.282. The molecule has 1 saturated carbocycles. The molecule has 1 aromatic heterocycles. The van der Waals surface area contributed by atoms with Crippen LogP contribution in [0.15, 0.2) is 6.07 Å². The molecule has 0 aromatic carbocycles. The van der Waals surface area contributed by atoms with E-state index in [-0.39, 0.29) is 5.91 Å². The summed E-state index contributed by atoms with van der Waals surface area (Å²) in [4.78, 5) is 16.7. The summed E-state index contributed by atoms with van der Waals surface area (Å²) in [6.07, 6.45) is 7.90. The zero-order valence-corrected chi connectivity index (χ0v) is 14.4. The number of amides is 1. The third kappa shape index (κ3) is 3.74. The standard InChI is InChI=1S/C18H28N4O2/c23-18(7-6-15-3-1-2-12-24-15)22-10-8-21(9-11-22)17-13-16(19-20-17)14-4-5-14/h13-15H,1-12H2,(H,19,20). The number of piperazine rings is 1. The largest absolute Gasteiger partial charge is 0.378 e. The number of H-pyrrole nitrogens is 1. The molecular weight excluding hydrogens is 304 g/mol. The molecule has 0 radical (unpaired) electrons. The Hall–Kier alpha value is -1.56. The highest BCUT2D eigenvalue weighted by molar-refractivity contribution is 5.76. The van der Waals surface area contributed by atoms with Crippen LogP contribution in [0.1, 0.15) is 56.6 Å². The molecule has 0 spiro atoms. The molecule has 1 aliphatic carbocycles. The Bertz CT molecular complexity index is 555. The highest BCUT2D eigenvalue weighted by atomic mass is 16.5. The van der Waals surface area contributed by atoms with Crippen LogP contribution in [0.25, 0.3) is 0 Å². The van der Waals surface area contributed by atoms with Gasteiger partial charge in [0, 0.05) is 56.9 Å². The first-order valence-electron chi connectivity index (χ1n) is 9.49. The fourth-order valence-electron chi connectivity index (χ4n) is 3.75. The molecule has 3 heterocycles. The lowest BCUT2D eigenvalue weighted by molar-refractivity contribution is -0.132. The van der Waals surface area contributed by atoms with Crippen molar-refractivity contribution in [2.75, 3.05) is 37.7 Å². The lowest BCUT2D eigenvalue weighted by Gasteiger charge is -2.35. The maximum absolute atomic E-state index is 12.4. The van der Waals surface area contributed by atoms with Crippen LogP contribution < -0.4 is 4.90 Å². The van der Waals surface area contributed by atoms with Crippen molar-refractivity contribution in [2.24, 2.45) is 0 Å². The molecule has 1 N–H and O–H groups in total. The zero-order valence-electron chi connectivity index (χ0n) is 14.4. The van der Waals surface area contributed by atoms with E-state index in [0.717, 1.165) is 51.4 Å². The van der Waals surface area contributed by atoms with Crippen molar-refractivity contribution in [1.82, 2.24) is 15.1 Å². The summed E-state index contributed by atoms with van der Waals surface area (Å²) in [5, 5.41) is 7.62. The number of hydrogen-bond acceptors (Lipinski definition) is 4. The molecule has 0 bridgehead atoms. The van der Waals surface area contributed by atoms with Crippen LogP contribution in [-0.4, -0.2) is 59.9 Å². The van der Waals surface area contributed by atoms with Gasteiger partial charge in [0.05, 0.1) is 6.10 Å². The number of nitrogens with zero attached hydrogens (tertiary/aromatic N) is 3. The second-order valence-corrected chi connectivity index (χ2v) is 7.35. The minimum atomic E-state index is 0.282. The highest BCUT2D eigenvalue weighted by Crippen LogP contribution is 2.39. The first-order chi connectivity index (χ1) is 11.8. The number of hydrogen-bond donors (Lipinski definition) is 1. The molecule has 1 aromatic rings. The second kappa shape index (κ2) is 7.13. The first-order valence-corrected chi connectivity index (χ1v) is 9.49. The number of carbonyl (C=O) groups excluding carboxylic acids is 1. The van der Waals surface area contributed by atoms with Crippen LogP contribution in [0.2, 0.25) is 0 Å². The molecule has 6 heteroatoms. The molecule has 2 aliphatic heterocycles. The van der Waals surface area contributed by atoms with Crippen molar-refractivity contribution in [3.8, 4) is 0 Å². The van der Waals surface area contributed by atoms with Gasteiger partial charge in [0.15, 0.2) is 5.82 Å². The quantitative estimate of drug-likeness (QED) is 0.899. The van der Waals surface area contributed by atoms with Gasteiger partial charge in [-0.15, -0.1) is 0 Å². The number of anilines is 1. The van der Waals surface area contributed by atoms with E-state index in [0.29, 0.717) is 18.4 Å². The maximum Gasteiger partial charge on any atom is 0.222 e. The Kier molecular flexibility index (Phi) is 4.74. The van der Waals surface area contributed by atoms with Gasteiger partial charge in [-0.3, -0.25) is 9.89 Å². The summed E-state index contributed by atoms with van der Waals surface area (Å²) in [6, 6.07) is 2.19. The average molecular weight is 332 g/mol. The van der Waals surface area contributed by atoms with Crippen LogP contribution in [0, 0.1) is 0 Å². The van der Waals surface area contributed by atoms with E-state index in [1.165, 1.54) is 31.4 Å².